The van der Waals surface area contributed by atoms with Crippen LogP contribution >= 0.6 is 11.6 Å². The van der Waals surface area contributed by atoms with E-state index < -0.39 is 5.75 Å². The summed E-state index contributed by atoms with van der Waals surface area (Å²) in [6, 6.07) is 1.34. The van der Waals surface area contributed by atoms with Gasteiger partial charge in [0.15, 0.2) is 16.9 Å². The number of fused-ring (bicyclic) bond motifs is 1. The molecular weight excluding hydrogens is 266 g/mol. The van der Waals surface area contributed by atoms with Gasteiger partial charge in [0, 0.05) is 24.9 Å². The van der Waals surface area contributed by atoms with Crippen molar-refractivity contribution in [3.05, 3.63) is 33.1 Å². The van der Waals surface area contributed by atoms with Gasteiger partial charge in [-0.25, -0.2) is 0 Å². The fraction of sp³-hybridized carbons (Fsp3) is 0.357. The van der Waals surface area contributed by atoms with Gasteiger partial charge in [-0.05, 0) is 5.41 Å². The molecule has 5 heteroatoms. The van der Waals surface area contributed by atoms with Crippen LogP contribution in [0.2, 0.25) is 5.02 Å². The van der Waals surface area contributed by atoms with Crippen LogP contribution in [0.15, 0.2) is 17.1 Å². The number of hydrogen-bond donors (Lipinski definition) is 2. The van der Waals surface area contributed by atoms with Gasteiger partial charge in [0.05, 0.1) is 15.9 Å². The van der Waals surface area contributed by atoms with E-state index in [0.29, 0.717) is 11.1 Å². The largest absolute Gasteiger partial charge is 0.504 e. The Bertz CT molecular complexity index is 726. The van der Waals surface area contributed by atoms with Crippen LogP contribution < -0.4 is 5.43 Å². The van der Waals surface area contributed by atoms with Crippen LogP contribution in [0.1, 0.15) is 26.3 Å². The average Bonchev–Trinajstić information content (AvgIpc) is 2.28. The Morgan fingerprint density at radius 2 is 1.84 bits per heavy atom. The Balaban J connectivity index is 3.06. The third-order valence-corrected chi connectivity index (χ3v) is 3.55. The van der Waals surface area contributed by atoms with E-state index in [1.807, 2.05) is 20.8 Å². The molecule has 4 nitrogen and oxygen atoms in total. The molecule has 0 saturated heterocycles. The molecule has 0 bridgehead atoms. The van der Waals surface area contributed by atoms with E-state index in [9.17, 15) is 15.0 Å². The fourth-order valence-electron chi connectivity index (χ4n) is 2.10. The van der Waals surface area contributed by atoms with E-state index in [1.165, 1.54) is 6.07 Å². The first-order chi connectivity index (χ1) is 8.64. The maximum atomic E-state index is 12.5. The molecule has 0 amide bonds. The minimum Gasteiger partial charge on any atom is -0.504 e. The molecule has 0 radical (unpaired) electrons. The molecule has 2 aromatic rings. The van der Waals surface area contributed by atoms with Crippen molar-refractivity contribution in [3.8, 4) is 11.5 Å². The molecule has 0 unspecified atom stereocenters. The number of aromatic hydroxyl groups is 2. The number of benzene rings is 1. The van der Waals surface area contributed by atoms with Crippen molar-refractivity contribution in [1.82, 2.24) is 4.57 Å². The molecule has 0 aliphatic carbocycles. The van der Waals surface area contributed by atoms with Crippen molar-refractivity contribution < 1.29 is 10.2 Å². The molecule has 1 aromatic carbocycles. The highest BCUT2D eigenvalue weighted by Crippen LogP contribution is 2.38. The third kappa shape index (κ3) is 2.06. The van der Waals surface area contributed by atoms with Crippen LogP contribution in [0, 0.1) is 0 Å². The molecule has 2 rings (SSSR count). The summed E-state index contributed by atoms with van der Waals surface area (Å²) < 4.78 is 1.72. The van der Waals surface area contributed by atoms with Gasteiger partial charge in [-0.2, -0.15) is 0 Å². The summed E-state index contributed by atoms with van der Waals surface area (Å²) in [5, 5.41) is 19.4. The molecule has 0 aliphatic rings. The molecule has 0 saturated carbocycles. The molecule has 1 heterocycles. The summed E-state index contributed by atoms with van der Waals surface area (Å²) in [6.45, 7) is 5.80. The van der Waals surface area contributed by atoms with Gasteiger partial charge in [0.25, 0.3) is 0 Å². The smallest absolute Gasteiger partial charge is 0.194 e. The van der Waals surface area contributed by atoms with Crippen LogP contribution in [-0.4, -0.2) is 14.8 Å². The minimum atomic E-state index is -0.461. The van der Waals surface area contributed by atoms with Gasteiger partial charge in [0.2, 0.25) is 0 Å². The average molecular weight is 282 g/mol. The standard InChI is InChI=1S/C14H16ClNO3/c1-14(2,3)7-6-16(4)8-5-9(17)13(19)11(15)10(8)12(7)18/h5-6,17,19H,1-4H3. The minimum absolute atomic E-state index is 0.110. The number of nitrogens with zero attached hydrogens (tertiary/aromatic N) is 1. The van der Waals surface area contributed by atoms with Gasteiger partial charge in [-0.3, -0.25) is 4.79 Å². The zero-order valence-corrected chi connectivity index (χ0v) is 12.0. The van der Waals surface area contributed by atoms with Gasteiger partial charge >= 0.3 is 0 Å². The lowest BCUT2D eigenvalue weighted by molar-refractivity contribution is 0.405. The number of aryl methyl sites for hydroxylation is 1. The number of hydrogen-bond acceptors (Lipinski definition) is 3. The molecule has 0 aliphatic heterocycles. The highest BCUT2D eigenvalue weighted by molar-refractivity contribution is 6.37. The molecular formula is C14H16ClNO3. The first-order valence-electron chi connectivity index (χ1n) is 5.89. The van der Waals surface area contributed by atoms with Crippen LogP contribution in [0.3, 0.4) is 0 Å². The van der Waals surface area contributed by atoms with Gasteiger partial charge in [0.1, 0.15) is 0 Å². The Morgan fingerprint density at radius 3 is 2.37 bits per heavy atom. The zero-order valence-electron chi connectivity index (χ0n) is 11.3. The lowest BCUT2D eigenvalue weighted by Gasteiger charge is -2.20. The second-order valence-electron chi connectivity index (χ2n) is 5.69. The van der Waals surface area contributed by atoms with Crippen molar-refractivity contribution in [2.75, 3.05) is 0 Å². The lowest BCUT2D eigenvalue weighted by Crippen LogP contribution is -2.24. The Kier molecular flexibility index (Phi) is 3.01. The predicted octanol–water partition coefficient (Wildman–Crippen LogP) is 2.90. The summed E-state index contributed by atoms with van der Waals surface area (Å²) in [6.07, 6.45) is 1.73. The van der Waals surface area contributed by atoms with E-state index in [0.717, 1.165) is 0 Å². The summed E-state index contributed by atoms with van der Waals surface area (Å²) in [4.78, 5) is 12.5. The number of aromatic nitrogens is 1. The van der Waals surface area contributed by atoms with Crippen molar-refractivity contribution in [2.24, 2.45) is 7.05 Å². The second kappa shape index (κ2) is 4.17. The molecule has 0 fully saturated rings. The van der Waals surface area contributed by atoms with Crippen LogP contribution in [0.5, 0.6) is 11.5 Å². The molecule has 1 aromatic heterocycles. The van der Waals surface area contributed by atoms with E-state index in [1.54, 1.807) is 17.8 Å². The number of halogens is 1. The van der Waals surface area contributed by atoms with Crippen LogP contribution in [-0.2, 0) is 12.5 Å². The maximum Gasteiger partial charge on any atom is 0.194 e. The molecule has 102 valence electrons. The number of pyridine rings is 1. The van der Waals surface area contributed by atoms with Gasteiger partial charge in [-0.15, -0.1) is 0 Å². The first kappa shape index (κ1) is 13.7. The molecule has 2 N–H and O–H groups in total. The summed E-state index contributed by atoms with van der Waals surface area (Å²) in [5.74, 6) is -0.798. The van der Waals surface area contributed by atoms with Gasteiger partial charge in [-0.1, -0.05) is 32.4 Å². The van der Waals surface area contributed by atoms with Crippen molar-refractivity contribution in [2.45, 2.75) is 26.2 Å². The molecule has 0 atom stereocenters. The normalized spacial score (nSPS) is 12.1. The van der Waals surface area contributed by atoms with Crippen LogP contribution in [0.25, 0.3) is 10.9 Å². The number of phenolic OH excluding ortho intramolecular Hbond substituents is 2. The second-order valence-corrected chi connectivity index (χ2v) is 6.06. The Morgan fingerprint density at radius 1 is 1.26 bits per heavy atom. The maximum absolute atomic E-state index is 12.5. The summed E-state index contributed by atoms with van der Waals surface area (Å²) >= 11 is 6.01. The monoisotopic (exact) mass is 281 g/mol. The number of phenols is 2. The fourth-order valence-corrected chi connectivity index (χ4v) is 2.38. The lowest BCUT2D eigenvalue weighted by atomic mass is 9.87. The van der Waals surface area contributed by atoms with E-state index in [2.05, 4.69) is 0 Å². The Labute approximate surface area is 115 Å². The summed E-state index contributed by atoms with van der Waals surface area (Å²) in [7, 11) is 1.77. The van der Waals surface area contributed by atoms with E-state index in [-0.39, 0.29) is 27.0 Å². The van der Waals surface area contributed by atoms with Crippen LogP contribution in [0.4, 0.5) is 0 Å². The SMILES string of the molecule is Cn1cc(C(C)(C)C)c(=O)c2c(Cl)c(O)c(O)cc21. The summed E-state index contributed by atoms with van der Waals surface area (Å²) in [5.41, 5.74) is 0.536. The van der Waals surface area contributed by atoms with Crippen molar-refractivity contribution >= 4 is 22.5 Å². The highest BCUT2D eigenvalue weighted by atomic mass is 35.5. The van der Waals surface area contributed by atoms with Crippen molar-refractivity contribution in [3.63, 3.8) is 0 Å². The third-order valence-electron chi connectivity index (χ3n) is 3.18. The Hall–Kier alpha value is -1.68. The zero-order chi connectivity index (χ0) is 14.5. The quantitative estimate of drug-likeness (QED) is 0.730. The highest BCUT2D eigenvalue weighted by Gasteiger charge is 2.23. The first-order valence-corrected chi connectivity index (χ1v) is 6.26. The van der Waals surface area contributed by atoms with Gasteiger partial charge < -0.3 is 14.8 Å². The van der Waals surface area contributed by atoms with Crippen molar-refractivity contribution in [1.29, 1.82) is 0 Å². The topological polar surface area (TPSA) is 62.5 Å². The van der Waals surface area contributed by atoms with E-state index in [4.69, 9.17) is 11.6 Å². The molecule has 19 heavy (non-hydrogen) atoms. The number of rotatable bonds is 0. The predicted molar refractivity (Wildman–Crippen MR) is 76.2 cm³/mol. The van der Waals surface area contributed by atoms with E-state index >= 15 is 0 Å². The molecule has 0 spiro atoms.